The monoisotopic (exact) mass is 352 g/mol. The predicted octanol–water partition coefficient (Wildman–Crippen LogP) is 1.60. The lowest BCUT2D eigenvalue weighted by Gasteiger charge is -2.31. The molecule has 3 heterocycles. The first-order chi connectivity index (χ1) is 11.4. The zero-order chi connectivity index (χ0) is 17.3. The molecule has 0 aromatic carbocycles. The van der Waals surface area contributed by atoms with Crippen molar-refractivity contribution in [1.82, 2.24) is 29.5 Å². The van der Waals surface area contributed by atoms with E-state index in [2.05, 4.69) is 27.4 Å². The van der Waals surface area contributed by atoms with E-state index in [9.17, 15) is 8.42 Å². The van der Waals surface area contributed by atoms with Gasteiger partial charge in [0.2, 0.25) is 10.0 Å². The lowest BCUT2D eigenvalue weighted by atomic mass is 10.1. The van der Waals surface area contributed by atoms with Crippen molar-refractivity contribution in [1.29, 1.82) is 0 Å². The Morgan fingerprint density at radius 3 is 2.58 bits per heavy atom. The van der Waals surface area contributed by atoms with E-state index in [0.717, 1.165) is 31.4 Å². The average molecular weight is 352 g/mol. The molecule has 0 spiro atoms. The van der Waals surface area contributed by atoms with Crippen molar-refractivity contribution in [3.05, 3.63) is 23.3 Å². The lowest BCUT2D eigenvalue weighted by Crippen LogP contribution is -2.39. The number of hydrogen-bond acceptors (Lipinski definition) is 5. The molecule has 24 heavy (non-hydrogen) atoms. The number of hydrogen-bond donors (Lipinski definition) is 1. The largest absolute Gasteiger partial charge is 0.281 e. The zero-order valence-electron chi connectivity index (χ0n) is 14.4. The van der Waals surface area contributed by atoms with Crippen molar-refractivity contribution < 1.29 is 8.42 Å². The Hall–Kier alpha value is -1.74. The quantitative estimate of drug-likeness (QED) is 0.881. The van der Waals surface area contributed by atoms with Gasteiger partial charge in [-0.3, -0.25) is 5.10 Å². The third kappa shape index (κ3) is 3.10. The fourth-order valence-corrected chi connectivity index (χ4v) is 5.06. The Labute approximate surface area is 142 Å². The second-order valence-electron chi connectivity index (χ2n) is 6.34. The van der Waals surface area contributed by atoms with Crippen LogP contribution < -0.4 is 0 Å². The molecule has 1 saturated heterocycles. The van der Waals surface area contributed by atoms with Crippen LogP contribution in [0.3, 0.4) is 0 Å². The first-order valence-corrected chi connectivity index (χ1v) is 9.80. The number of aromatic nitrogens is 5. The van der Waals surface area contributed by atoms with E-state index in [4.69, 9.17) is 0 Å². The molecule has 3 rings (SSSR count). The van der Waals surface area contributed by atoms with E-state index < -0.39 is 10.0 Å². The normalized spacial score (nSPS) is 17.5. The molecule has 2 aromatic heterocycles. The zero-order valence-corrected chi connectivity index (χ0v) is 15.2. The Morgan fingerprint density at radius 1 is 1.29 bits per heavy atom. The van der Waals surface area contributed by atoms with Crippen LogP contribution in [-0.2, 0) is 16.4 Å². The summed E-state index contributed by atoms with van der Waals surface area (Å²) >= 11 is 0. The topological polar surface area (TPSA) is 96.8 Å². The van der Waals surface area contributed by atoms with Gasteiger partial charge in [0.1, 0.15) is 4.90 Å². The second-order valence-corrected chi connectivity index (χ2v) is 8.21. The highest BCUT2D eigenvalue weighted by molar-refractivity contribution is 7.89. The number of aromatic amines is 1. The molecule has 0 bridgehead atoms. The van der Waals surface area contributed by atoms with Crippen LogP contribution >= 0.6 is 0 Å². The summed E-state index contributed by atoms with van der Waals surface area (Å²) in [6.07, 6.45) is 5.43. The molecule has 132 valence electrons. The third-order valence-corrected chi connectivity index (χ3v) is 6.68. The Morgan fingerprint density at radius 2 is 2.00 bits per heavy atom. The van der Waals surface area contributed by atoms with Crippen LogP contribution in [0.1, 0.15) is 49.3 Å². The van der Waals surface area contributed by atoms with Gasteiger partial charge < -0.3 is 0 Å². The maximum Gasteiger partial charge on any atom is 0.246 e. The number of rotatable bonds is 5. The molecule has 1 aliphatic rings. The van der Waals surface area contributed by atoms with Gasteiger partial charge in [-0.25, -0.2) is 13.1 Å². The second kappa shape index (κ2) is 6.64. The molecule has 1 aliphatic heterocycles. The highest BCUT2D eigenvalue weighted by Gasteiger charge is 2.33. The van der Waals surface area contributed by atoms with Gasteiger partial charge in [-0.15, -0.1) is 5.10 Å². The fraction of sp³-hybridized carbons (Fsp3) is 0.667. The molecule has 9 heteroatoms. The predicted molar refractivity (Wildman–Crippen MR) is 89.1 cm³/mol. The lowest BCUT2D eigenvalue weighted by molar-refractivity contribution is 0.258. The molecule has 0 radical (unpaired) electrons. The van der Waals surface area contributed by atoms with Crippen molar-refractivity contribution >= 4 is 10.0 Å². The fourth-order valence-electron chi connectivity index (χ4n) is 3.26. The van der Waals surface area contributed by atoms with E-state index in [1.165, 1.54) is 0 Å². The first-order valence-electron chi connectivity index (χ1n) is 8.36. The van der Waals surface area contributed by atoms with E-state index in [0.29, 0.717) is 29.4 Å². The average Bonchev–Trinajstić information content (AvgIpc) is 3.15. The van der Waals surface area contributed by atoms with Crippen LogP contribution in [-0.4, -0.2) is 51.0 Å². The van der Waals surface area contributed by atoms with Crippen molar-refractivity contribution in [3.8, 4) is 0 Å². The molecule has 0 unspecified atom stereocenters. The van der Waals surface area contributed by atoms with Gasteiger partial charge in [0.15, 0.2) is 0 Å². The van der Waals surface area contributed by atoms with Crippen molar-refractivity contribution in [3.63, 3.8) is 0 Å². The molecule has 1 fully saturated rings. The summed E-state index contributed by atoms with van der Waals surface area (Å²) in [5.41, 5.74) is 2.11. The summed E-state index contributed by atoms with van der Waals surface area (Å²) < 4.78 is 29.2. The Balaban J connectivity index is 1.70. The van der Waals surface area contributed by atoms with Crippen LogP contribution in [0.2, 0.25) is 0 Å². The number of piperidine rings is 1. The van der Waals surface area contributed by atoms with Gasteiger partial charge in [-0.05, 0) is 33.1 Å². The summed E-state index contributed by atoms with van der Waals surface area (Å²) in [5, 5.41) is 15.1. The van der Waals surface area contributed by atoms with Gasteiger partial charge in [0.05, 0.1) is 23.1 Å². The molecule has 8 nitrogen and oxygen atoms in total. The Bertz CT molecular complexity index is 782. The minimum Gasteiger partial charge on any atom is -0.281 e. The molecule has 1 N–H and O–H groups in total. The number of sulfonamides is 1. The summed E-state index contributed by atoms with van der Waals surface area (Å²) in [4.78, 5) is 0.312. The van der Waals surface area contributed by atoms with Crippen molar-refractivity contribution in [2.24, 2.45) is 0 Å². The van der Waals surface area contributed by atoms with Gasteiger partial charge in [-0.1, -0.05) is 18.6 Å². The number of nitrogens with one attached hydrogen (secondary N) is 1. The number of nitrogens with zero attached hydrogens (tertiary/aromatic N) is 5. The molecule has 0 aliphatic carbocycles. The SMILES string of the molecule is CCCc1cn(C2CCN(S(=O)(=O)c3c(C)n[nH]c3C)CC2)nn1. The smallest absolute Gasteiger partial charge is 0.246 e. The number of H-pyrrole nitrogens is 1. The molecular formula is C15H24N6O2S. The summed E-state index contributed by atoms with van der Waals surface area (Å²) in [6.45, 7) is 6.54. The molecule has 0 atom stereocenters. The van der Waals surface area contributed by atoms with Crippen molar-refractivity contribution in [2.75, 3.05) is 13.1 Å². The standard InChI is InChI=1S/C15H24N6O2S/c1-4-5-13-10-21(19-18-13)14-6-8-20(9-7-14)24(22,23)15-11(2)16-17-12(15)3/h10,14H,4-9H2,1-3H3,(H,16,17). The molecule has 2 aromatic rings. The van der Waals surface area contributed by atoms with Gasteiger partial charge in [0.25, 0.3) is 0 Å². The highest BCUT2D eigenvalue weighted by atomic mass is 32.2. The van der Waals surface area contributed by atoms with Crippen LogP contribution in [0, 0.1) is 13.8 Å². The van der Waals surface area contributed by atoms with Crippen LogP contribution in [0.15, 0.2) is 11.1 Å². The van der Waals surface area contributed by atoms with Gasteiger partial charge >= 0.3 is 0 Å². The summed E-state index contributed by atoms with van der Waals surface area (Å²) in [6, 6.07) is 0.209. The van der Waals surface area contributed by atoms with E-state index in [-0.39, 0.29) is 6.04 Å². The summed E-state index contributed by atoms with van der Waals surface area (Å²) in [5.74, 6) is 0. The maximum absolute atomic E-state index is 12.9. The van der Waals surface area contributed by atoms with Gasteiger partial charge in [0, 0.05) is 19.3 Å². The minimum atomic E-state index is -3.49. The first kappa shape index (κ1) is 17.1. The molecule has 0 saturated carbocycles. The molecule has 0 amide bonds. The minimum absolute atomic E-state index is 0.209. The van der Waals surface area contributed by atoms with Crippen LogP contribution in [0.25, 0.3) is 0 Å². The van der Waals surface area contributed by atoms with Crippen LogP contribution in [0.5, 0.6) is 0 Å². The number of aryl methyl sites for hydroxylation is 3. The van der Waals surface area contributed by atoms with E-state index in [1.807, 2.05) is 10.9 Å². The van der Waals surface area contributed by atoms with Gasteiger partial charge in [-0.2, -0.15) is 9.40 Å². The maximum atomic E-state index is 12.9. The molecular weight excluding hydrogens is 328 g/mol. The Kier molecular flexibility index (Phi) is 4.73. The van der Waals surface area contributed by atoms with E-state index in [1.54, 1.807) is 18.2 Å². The summed E-state index contributed by atoms with van der Waals surface area (Å²) in [7, 11) is -3.49. The van der Waals surface area contributed by atoms with Crippen LogP contribution in [0.4, 0.5) is 0 Å². The third-order valence-electron chi connectivity index (χ3n) is 4.52. The van der Waals surface area contributed by atoms with E-state index >= 15 is 0 Å². The van der Waals surface area contributed by atoms with Crippen molar-refractivity contribution in [2.45, 2.75) is 57.4 Å². The highest BCUT2D eigenvalue weighted by Crippen LogP contribution is 2.28.